The Labute approximate surface area is 199 Å². The molecule has 0 aliphatic rings. The molecule has 2 amide bonds. The number of nitrogens with zero attached hydrogens (tertiary/aromatic N) is 1. The Hall–Kier alpha value is -1.69. The number of benzene rings is 2. The number of hydrogen-bond donors (Lipinski definition) is 1. The molecule has 1 atom stereocenters. The number of carbonyl (C=O) groups is 2. The summed E-state index contributed by atoms with van der Waals surface area (Å²) in [6, 6.07) is 12.9. The quantitative estimate of drug-likeness (QED) is 0.437. The van der Waals surface area contributed by atoms with Crippen LogP contribution in [0.25, 0.3) is 0 Å². The molecule has 168 valence electrons. The maximum Gasteiger partial charge on any atom is 0.242 e. The third kappa shape index (κ3) is 7.74. The predicted octanol–water partition coefficient (Wildman–Crippen LogP) is 5.87. The summed E-state index contributed by atoms with van der Waals surface area (Å²) >= 11 is 13.9. The summed E-state index contributed by atoms with van der Waals surface area (Å²) in [6.45, 7) is 6.96. The fourth-order valence-corrected chi connectivity index (χ4v) is 4.82. The largest absolute Gasteiger partial charge is 0.354 e. The molecule has 2 aromatic rings. The van der Waals surface area contributed by atoms with Crippen LogP contribution in [0.3, 0.4) is 0 Å². The Kier molecular flexibility index (Phi) is 10.7. The molecule has 0 aliphatic carbocycles. The first kappa shape index (κ1) is 25.6. The van der Waals surface area contributed by atoms with E-state index in [2.05, 4.69) is 5.32 Å². The van der Waals surface area contributed by atoms with Crippen LogP contribution in [0, 0.1) is 6.92 Å². The van der Waals surface area contributed by atoms with Crippen molar-refractivity contribution in [3.63, 3.8) is 0 Å². The molecule has 0 fully saturated rings. The summed E-state index contributed by atoms with van der Waals surface area (Å²) in [4.78, 5) is 27.7. The van der Waals surface area contributed by atoms with E-state index in [0.717, 1.165) is 23.1 Å². The average Bonchev–Trinajstić information content (AvgIpc) is 2.75. The molecule has 0 saturated heterocycles. The Bertz CT molecular complexity index is 854. The molecule has 1 N–H and O–H groups in total. The van der Waals surface area contributed by atoms with E-state index < -0.39 is 6.04 Å². The predicted molar refractivity (Wildman–Crippen MR) is 132 cm³/mol. The third-order valence-electron chi connectivity index (χ3n) is 4.94. The molecule has 0 aliphatic heterocycles. The van der Waals surface area contributed by atoms with Gasteiger partial charge >= 0.3 is 0 Å². The van der Waals surface area contributed by atoms with Crippen molar-refractivity contribution in [3.05, 3.63) is 69.2 Å². The van der Waals surface area contributed by atoms with E-state index in [-0.39, 0.29) is 17.6 Å². The van der Waals surface area contributed by atoms with Gasteiger partial charge < -0.3 is 10.2 Å². The van der Waals surface area contributed by atoms with Crippen LogP contribution in [0.5, 0.6) is 0 Å². The van der Waals surface area contributed by atoms with Gasteiger partial charge in [0.2, 0.25) is 11.8 Å². The molecule has 0 heterocycles. The maximum atomic E-state index is 13.2. The van der Waals surface area contributed by atoms with Gasteiger partial charge in [0, 0.05) is 28.9 Å². The van der Waals surface area contributed by atoms with Crippen molar-refractivity contribution in [2.45, 2.75) is 52.0 Å². The zero-order chi connectivity index (χ0) is 22.8. The van der Waals surface area contributed by atoms with Crippen LogP contribution >= 0.6 is 35.0 Å². The van der Waals surface area contributed by atoms with E-state index in [9.17, 15) is 9.59 Å². The Balaban J connectivity index is 2.14. The number of thioether (sulfide) groups is 1. The van der Waals surface area contributed by atoms with Crippen molar-refractivity contribution < 1.29 is 9.59 Å². The van der Waals surface area contributed by atoms with Crippen molar-refractivity contribution in [1.29, 1.82) is 0 Å². The topological polar surface area (TPSA) is 49.4 Å². The standard InChI is InChI=1S/C24H30Cl2N2O2S/c1-4-13-27-24(30)22(5-2)28(14-18-11-9-17(3)10-12-18)23(29)16-31-15-19-20(25)7-6-8-21(19)26/h6-12,22H,4-5,13-16H2,1-3H3,(H,27,30)/t22-/m1/s1. The van der Waals surface area contributed by atoms with E-state index in [1.165, 1.54) is 11.8 Å². The molecule has 0 unspecified atom stereocenters. The minimum atomic E-state index is -0.509. The summed E-state index contributed by atoms with van der Waals surface area (Å²) in [7, 11) is 0. The van der Waals surface area contributed by atoms with Gasteiger partial charge in [0.05, 0.1) is 5.75 Å². The van der Waals surface area contributed by atoms with Crippen molar-refractivity contribution in [3.8, 4) is 0 Å². The van der Waals surface area contributed by atoms with Gasteiger partial charge in [-0.15, -0.1) is 11.8 Å². The Morgan fingerprint density at radius 2 is 1.71 bits per heavy atom. The number of aryl methyl sites for hydroxylation is 1. The van der Waals surface area contributed by atoms with Crippen molar-refractivity contribution in [1.82, 2.24) is 10.2 Å². The molecule has 0 bridgehead atoms. The summed E-state index contributed by atoms with van der Waals surface area (Å²) < 4.78 is 0. The van der Waals surface area contributed by atoms with Crippen LogP contribution in [0.15, 0.2) is 42.5 Å². The van der Waals surface area contributed by atoms with Crippen molar-refractivity contribution >= 4 is 46.8 Å². The lowest BCUT2D eigenvalue weighted by Crippen LogP contribution is -2.49. The number of halogens is 2. The van der Waals surface area contributed by atoms with E-state index in [4.69, 9.17) is 23.2 Å². The number of rotatable bonds is 11. The summed E-state index contributed by atoms with van der Waals surface area (Å²) in [6.07, 6.45) is 1.40. The molecule has 4 nitrogen and oxygen atoms in total. The molecule has 2 rings (SSSR count). The van der Waals surface area contributed by atoms with Gasteiger partial charge in [-0.2, -0.15) is 0 Å². The van der Waals surface area contributed by atoms with Crippen LogP contribution in [0.4, 0.5) is 0 Å². The number of hydrogen-bond acceptors (Lipinski definition) is 3. The lowest BCUT2D eigenvalue weighted by Gasteiger charge is -2.30. The summed E-state index contributed by atoms with van der Waals surface area (Å²) in [5.41, 5.74) is 2.97. The van der Waals surface area contributed by atoms with E-state index in [0.29, 0.717) is 35.3 Å². The average molecular weight is 481 g/mol. The first-order valence-electron chi connectivity index (χ1n) is 10.5. The van der Waals surface area contributed by atoms with Gasteiger partial charge in [0.25, 0.3) is 0 Å². The molecule has 0 saturated carbocycles. The highest BCUT2D eigenvalue weighted by atomic mass is 35.5. The number of nitrogens with one attached hydrogen (secondary N) is 1. The smallest absolute Gasteiger partial charge is 0.242 e. The van der Waals surface area contributed by atoms with Crippen LogP contribution < -0.4 is 5.32 Å². The van der Waals surface area contributed by atoms with Crippen molar-refractivity contribution in [2.24, 2.45) is 0 Å². The van der Waals surface area contributed by atoms with Crippen LogP contribution in [0.1, 0.15) is 43.4 Å². The minimum absolute atomic E-state index is 0.0766. The van der Waals surface area contributed by atoms with Gasteiger partial charge in [-0.3, -0.25) is 9.59 Å². The monoisotopic (exact) mass is 480 g/mol. The zero-order valence-electron chi connectivity index (χ0n) is 18.3. The Morgan fingerprint density at radius 1 is 1.06 bits per heavy atom. The third-order valence-corrected chi connectivity index (χ3v) is 6.59. The highest BCUT2D eigenvalue weighted by Gasteiger charge is 2.28. The SMILES string of the molecule is CCCNC(=O)[C@@H](CC)N(Cc1ccc(C)cc1)C(=O)CSCc1c(Cl)cccc1Cl. The molecule has 0 spiro atoms. The normalized spacial score (nSPS) is 11.8. The minimum Gasteiger partial charge on any atom is -0.354 e. The van der Waals surface area contributed by atoms with E-state index >= 15 is 0 Å². The zero-order valence-corrected chi connectivity index (χ0v) is 20.6. The van der Waals surface area contributed by atoms with E-state index in [1.807, 2.05) is 45.0 Å². The summed E-state index contributed by atoms with van der Waals surface area (Å²) in [5.74, 6) is 0.586. The van der Waals surface area contributed by atoms with E-state index in [1.54, 1.807) is 23.1 Å². The van der Waals surface area contributed by atoms with Crippen LogP contribution in [-0.2, 0) is 21.9 Å². The first-order valence-corrected chi connectivity index (χ1v) is 12.4. The Morgan fingerprint density at radius 3 is 2.29 bits per heavy atom. The molecule has 2 aromatic carbocycles. The van der Waals surface area contributed by atoms with Crippen molar-refractivity contribution in [2.75, 3.05) is 12.3 Å². The fourth-order valence-electron chi connectivity index (χ4n) is 3.17. The molecule has 0 radical (unpaired) electrons. The fraction of sp³-hybridized carbons (Fsp3) is 0.417. The molecule has 0 aromatic heterocycles. The summed E-state index contributed by atoms with van der Waals surface area (Å²) in [5, 5.41) is 4.12. The number of carbonyl (C=O) groups excluding carboxylic acids is 2. The molecule has 7 heteroatoms. The van der Waals surface area contributed by atoms with Gasteiger partial charge in [-0.05, 0) is 43.0 Å². The highest BCUT2D eigenvalue weighted by molar-refractivity contribution is 7.99. The second kappa shape index (κ2) is 13.0. The first-order chi connectivity index (χ1) is 14.9. The maximum absolute atomic E-state index is 13.2. The number of amides is 2. The molecule has 31 heavy (non-hydrogen) atoms. The van der Waals surface area contributed by atoms with Gasteiger partial charge in [-0.1, -0.05) is 72.9 Å². The van der Waals surface area contributed by atoms with Crippen LogP contribution in [0.2, 0.25) is 10.0 Å². The van der Waals surface area contributed by atoms with Gasteiger partial charge in [-0.25, -0.2) is 0 Å². The second-order valence-electron chi connectivity index (χ2n) is 7.42. The molecular formula is C24H30Cl2N2O2S. The second-order valence-corrected chi connectivity index (χ2v) is 9.22. The van der Waals surface area contributed by atoms with Gasteiger partial charge in [0.15, 0.2) is 0 Å². The lowest BCUT2D eigenvalue weighted by atomic mass is 10.1. The van der Waals surface area contributed by atoms with Crippen LogP contribution in [-0.4, -0.2) is 35.1 Å². The highest BCUT2D eigenvalue weighted by Crippen LogP contribution is 2.28. The van der Waals surface area contributed by atoms with Gasteiger partial charge in [0.1, 0.15) is 6.04 Å². The lowest BCUT2D eigenvalue weighted by molar-refractivity contribution is -0.139. The molecular weight excluding hydrogens is 451 g/mol.